The molecule has 0 radical (unpaired) electrons. The van der Waals surface area contributed by atoms with Gasteiger partial charge in [0, 0.05) is 19.6 Å². The standard InChI is InChI=1S/C28H47N2O6P/c1-20(2)18-24(27(32)30-26(31)17-16-22-12-8-6-9-13-22)29-25(19-23-14-10-7-11-15-23)28(33)37(34,35-5)36-21(3)4/h6,8-9,12-13,20-21,23-25,28-29,33H,7,10-11,14-19H2,1-5H3,(H,30,31,32)/t24-,25-,28?,37?/m0/s1. The van der Waals surface area contributed by atoms with E-state index in [1.807, 2.05) is 44.2 Å². The molecule has 2 amide bonds. The molecule has 1 aromatic carbocycles. The highest BCUT2D eigenvalue weighted by Crippen LogP contribution is 2.54. The Bertz CT molecular complexity index is 873. The molecule has 0 bridgehead atoms. The summed E-state index contributed by atoms with van der Waals surface area (Å²) in [5, 5.41) is 17.1. The van der Waals surface area contributed by atoms with Crippen LogP contribution in [0.2, 0.25) is 0 Å². The molecule has 0 aromatic heterocycles. The normalized spacial score (nSPS) is 18.8. The van der Waals surface area contributed by atoms with E-state index in [-0.39, 0.29) is 18.2 Å². The van der Waals surface area contributed by atoms with Gasteiger partial charge in [0.1, 0.15) is 0 Å². The van der Waals surface area contributed by atoms with Crippen LogP contribution < -0.4 is 10.6 Å². The number of aryl methyl sites for hydroxylation is 1. The van der Waals surface area contributed by atoms with E-state index in [0.717, 1.165) is 31.2 Å². The molecule has 0 aliphatic heterocycles. The van der Waals surface area contributed by atoms with Crippen molar-refractivity contribution in [3.8, 4) is 0 Å². The topological polar surface area (TPSA) is 114 Å². The van der Waals surface area contributed by atoms with E-state index < -0.39 is 37.5 Å². The third-order valence-corrected chi connectivity index (χ3v) is 9.03. The van der Waals surface area contributed by atoms with E-state index in [1.165, 1.54) is 13.5 Å². The van der Waals surface area contributed by atoms with Gasteiger partial charge in [0.15, 0.2) is 5.85 Å². The lowest BCUT2D eigenvalue weighted by molar-refractivity contribution is -0.132. The van der Waals surface area contributed by atoms with E-state index in [4.69, 9.17) is 9.05 Å². The maximum Gasteiger partial charge on any atom is 0.360 e. The number of carbonyl (C=O) groups is 2. The third-order valence-electron chi connectivity index (χ3n) is 6.79. The highest BCUT2D eigenvalue weighted by Gasteiger charge is 2.42. The first-order valence-electron chi connectivity index (χ1n) is 13.7. The molecule has 1 aliphatic carbocycles. The van der Waals surface area contributed by atoms with Crippen molar-refractivity contribution in [2.75, 3.05) is 7.11 Å². The van der Waals surface area contributed by atoms with Gasteiger partial charge in [-0.1, -0.05) is 76.3 Å². The van der Waals surface area contributed by atoms with Gasteiger partial charge in [-0.25, -0.2) is 0 Å². The van der Waals surface area contributed by atoms with Gasteiger partial charge in [-0.2, -0.15) is 0 Å². The highest BCUT2D eigenvalue weighted by molar-refractivity contribution is 7.54. The Kier molecular flexibility index (Phi) is 13.5. The number of hydrogen-bond acceptors (Lipinski definition) is 7. The van der Waals surface area contributed by atoms with Gasteiger partial charge in [0.05, 0.1) is 12.1 Å². The summed E-state index contributed by atoms with van der Waals surface area (Å²) in [7, 11) is -2.60. The average Bonchev–Trinajstić information content (AvgIpc) is 2.86. The molecular formula is C28H47N2O6P. The second kappa shape index (κ2) is 15.7. The van der Waals surface area contributed by atoms with Crippen molar-refractivity contribution < 1.29 is 28.3 Å². The van der Waals surface area contributed by atoms with E-state index in [1.54, 1.807) is 13.8 Å². The van der Waals surface area contributed by atoms with Crippen LogP contribution in [0.15, 0.2) is 30.3 Å². The lowest BCUT2D eigenvalue weighted by atomic mass is 9.84. The van der Waals surface area contributed by atoms with Crippen LogP contribution in [0.4, 0.5) is 0 Å². The van der Waals surface area contributed by atoms with Gasteiger partial charge in [-0.3, -0.25) is 24.8 Å². The zero-order valence-corrected chi connectivity index (χ0v) is 24.0. The van der Waals surface area contributed by atoms with Crippen molar-refractivity contribution in [2.45, 2.75) is 110 Å². The van der Waals surface area contributed by atoms with Crippen LogP contribution in [-0.4, -0.2) is 48.1 Å². The largest absolute Gasteiger partial charge is 0.379 e. The number of amides is 2. The summed E-state index contributed by atoms with van der Waals surface area (Å²) in [6.45, 7) is 7.46. The second-order valence-corrected chi connectivity index (χ2v) is 13.1. The Morgan fingerprint density at radius 2 is 1.73 bits per heavy atom. The second-order valence-electron chi connectivity index (χ2n) is 10.9. The zero-order valence-electron chi connectivity index (χ0n) is 23.2. The minimum atomic E-state index is -3.87. The van der Waals surface area contributed by atoms with Crippen LogP contribution in [0.25, 0.3) is 0 Å². The highest BCUT2D eigenvalue weighted by atomic mass is 31.2. The minimum absolute atomic E-state index is 0.149. The summed E-state index contributed by atoms with van der Waals surface area (Å²) < 4.78 is 24.3. The molecule has 8 nitrogen and oxygen atoms in total. The smallest absolute Gasteiger partial charge is 0.360 e. The fourth-order valence-corrected chi connectivity index (χ4v) is 6.62. The summed E-state index contributed by atoms with van der Waals surface area (Å²) in [6, 6.07) is 8.21. The van der Waals surface area contributed by atoms with Crippen molar-refractivity contribution in [1.82, 2.24) is 10.6 Å². The third kappa shape index (κ3) is 11.0. The Morgan fingerprint density at radius 1 is 1.08 bits per heavy atom. The van der Waals surface area contributed by atoms with Gasteiger partial charge in [-0.15, -0.1) is 0 Å². The summed E-state index contributed by atoms with van der Waals surface area (Å²) in [6.07, 6.45) is 6.77. The number of carbonyl (C=O) groups excluding carboxylic acids is 2. The van der Waals surface area contributed by atoms with Crippen LogP contribution >= 0.6 is 7.60 Å². The fourth-order valence-electron chi connectivity index (χ4n) is 4.96. The Morgan fingerprint density at radius 3 is 2.30 bits per heavy atom. The van der Waals surface area contributed by atoms with Crippen molar-refractivity contribution in [3.63, 3.8) is 0 Å². The van der Waals surface area contributed by atoms with Gasteiger partial charge in [0.2, 0.25) is 11.8 Å². The van der Waals surface area contributed by atoms with E-state index >= 15 is 0 Å². The summed E-state index contributed by atoms with van der Waals surface area (Å²) in [4.78, 5) is 25.8. The first kappa shape index (κ1) is 31.6. The Hall–Kier alpha value is -1.57. The molecule has 2 rings (SSSR count). The lowest BCUT2D eigenvalue weighted by Gasteiger charge is -2.35. The first-order valence-corrected chi connectivity index (χ1v) is 15.3. The molecule has 9 heteroatoms. The van der Waals surface area contributed by atoms with Crippen molar-refractivity contribution in [1.29, 1.82) is 0 Å². The molecule has 37 heavy (non-hydrogen) atoms. The number of imide groups is 1. The summed E-state index contributed by atoms with van der Waals surface area (Å²) >= 11 is 0. The summed E-state index contributed by atoms with van der Waals surface area (Å²) in [5.74, 6) is -1.75. The van der Waals surface area contributed by atoms with Crippen molar-refractivity contribution in [2.24, 2.45) is 11.8 Å². The number of aliphatic hydroxyl groups is 1. The number of rotatable bonds is 15. The van der Waals surface area contributed by atoms with Crippen LogP contribution in [-0.2, 0) is 29.6 Å². The molecule has 1 aliphatic rings. The number of benzene rings is 1. The predicted octanol–water partition coefficient (Wildman–Crippen LogP) is 5.19. The zero-order chi connectivity index (χ0) is 27.4. The molecule has 0 spiro atoms. The van der Waals surface area contributed by atoms with Crippen LogP contribution in [0.1, 0.15) is 84.6 Å². The van der Waals surface area contributed by atoms with Gasteiger partial charge in [-0.05, 0) is 50.5 Å². The minimum Gasteiger partial charge on any atom is -0.379 e. The fraction of sp³-hybridized carbons (Fsp3) is 0.714. The Balaban J connectivity index is 2.17. The molecular weight excluding hydrogens is 491 g/mol. The van der Waals surface area contributed by atoms with E-state index in [0.29, 0.717) is 25.2 Å². The molecule has 1 fully saturated rings. The molecule has 210 valence electrons. The number of hydrogen-bond donors (Lipinski definition) is 3. The van der Waals surface area contributed by atoms with Crippen molar-refractivity contribution >= 4 is 19.4 Å². The van der Waals surface area contributed by atoms with Crippen LogP contribution in [0.3, 0.4) is 0 Å². The average molecular weight is 539 g/mol. The van der Waals surface area contributed by atoms with Gasteiger partial charge in [0.25, 0.3) is 0 Å². The monoisotopic (exact) mass is 538 g/mol. The molecule has 3 N–H and O–H groups in total. The SMILES string of the molecule is COP(=O)(OC(C)C)C(O)[C@H](CC1CCCCC1)N[C@@H](CC(C)C)C(=O)NC(=O)CCc1ccccc1. The number of aliphatic hydroxyl groups excluding tert-OH is 1. The Labute approximate surface area is 222 Å². The molecule has 0 heterocycles. The summed E-state index contributed by atoms with van der Waals surface area (Å²) in [5.41, 5.74) is 1.03. The maximum absolute atomic E-state index is 13.5. The van der Waals surface area contributed by atoms with Crippen molar-refractivity contribution in [3.05, 3.63) is 35.9 Å². The van der Waals surface area contributed by atoms with E-state index in [9.17, 15) is 19.3 Å². The first-order chi connectivity index (χ1) is 17.5. The van der Waals surface area contributed by atoms with Gasteiger partial charge >= 0.3 is 7.60 Å². The lowest BCUT2D eigenvalue weighted by Crippen LogP contribution is -2.54. The van der Waals surface area contributed by atoms with Crippen LogP contribution in [0, 0.1) is 11.8 Å². The molecule has 4 atom stereocenters. The molecule has 1 aromatic rings. The van der Waals surface area contributed by atoms with Crippen LogP contribution in [0.5, 0.6) is 0 Å². The molecule has 1 saturated carbocycles. The molecule has 2 unspecified atom stereocenters. The number of nitrogens with one attached hydrogen (secondary N) is 2. The predicted molar refractivity (Wildman–Crippen MR) is 146 cm³/mol. The quantitative estimate of drug-likeness (QED) is 0.263. The maximum atomic E-state index is 13.5. The molecule has 0 saturated heterocycles. The van der Waals surface area contributed by atoms with E-state index in [2.05, 4.69) is 10.6 Å². The van der Waals surface area contributed by atoms with Gasteiger partial charge < -0.3 is 14.2 Å².